The molecule has 2 bridgehead atoms. The first-order valence-electron chi connectivity index (χ1n) is 11.2. The molecule has 0 radical (unpaired) electrons. The van der Waals surface area contributed by atoms with Crippen LogP contribution in [0.15, 0.2) is 24.3 Å². The number of amides is 1. The van der Waals surface area contributed by atoms with Gasteiger partial charge in [-0.15, -0.1) is 23.5 Å². The number of fused-ring (bicyclic) bond motifs is 2. The Bertz CT molecular complexity index is 976. The largest absolute Gasteiger partial charge is 0.355 e. The van der Waals surface area contributed by atoms with Crippen LogP contribution in [0.4, 0.5) is 11.6 Å². The number of rotatable bonds is 1. The highest BCUT2D eigenvalue weighted by Gasteiger charge is 2.55. The van der Waals surface area contributed by atoms with Gasteiger partial charge in [-0.25, -0.2) is 9.97 Å². The molecule has 1 aromatic carbocycles. The molecule has 2 saturated carbocycles. The van der Waals surface area contributed by atoms with Gasteiger partial charge in [0.2, 0.25) is 5.91 Å². The lowest BCUT2D eigenvalue weighted by molar-refractivity contribution is -0.125. The third kappa shape index (κ3) is 2.88. The molecule has 3 heterocycles. The van der Waals surface area contributed by atoms with Gasteiger partial charge in [-0.2, -0.15) is 0 Å². The van der Waals surface area contributed by atoms with Crippen LogP contribution in [0, 0.1) is 17.8 Å². The molecular weight excluding hydrogens is 412 g/mol. The molecule has 7 heteroatoms. The number of para-hydroxylation sites is 2. The van der Waals surface area contributed by atoms with E-state index in [1.165, 1.54) is 30.8 Å². The Morgan fingerprint density at radius 3 is 2.30 bits per heavy atom. The van der Waals surface area contributed by atoms with Crippen molar-refractivity contribution < 1.29 is 4.79 Å². The first-order chi connectivity index (χ1) is 14.7. The molecule has 4 aliphatic rings. The molecule has 3 fully saturated rings. The van der Waals surface area contributed by atoms with Crippen molar-refractivity contribution in [2.75, 3.05) is 41.4 Å². The van der Waals surface area contributed by atoms with Crippen molar-refractivity contribution in [3.8, 4) is 0 Å². The standard InChI is InChI=1S/C23H28N4OS2/c1-26-9-10-27(21-20(26)24-18-7-2-3-8-19(18)25-21)22(28)15-13-16-5-4-6-17(14-15)23(16)29-11-12-30-23/h2-3,7-8,15-17H,4-6,9-14H2,1H3. The van der Waals surface area contributed by atoms with E-state index >= 15 is 0 Å². The highest BCUT2D eigenvalue weighted by Crippen LogP contribution is 2.64. The molecule has 2 aromatic rings. The maximum Gasteiger partial charge on any atom is 0.231 e. The van der Waals surface area contributed by atoms with Gasteiger partial charge >= 0.3 is 0 Å². The smallest absolute Gasteiger partial charge is 0.231 e. The molecule has 158 valence electrons. The lowest BCUT2D eigenvalue weighted by Gasteiger charge is -2.52. The van der Waals surface area contributed by atoms with Gasteiger partial charge < -0.3 is 4.90 Å². The van der Waals surface area contributed by atoms with Gasteiger partial charge in [-0.05, 0) is 49.7 Å². The summed E-state index contributed by atoms with van der Waals surface area (Å²) in [5, 5.41) is 0. The average molecular weight is 441 g/mol. The fraction of sp³-hybridized carbons (Fsp3) is 0.609. The van der Waals surface area contributed by atoms with Crippen LogP contribution < -0.4 is 9.80 Å². The fourth-order valence-electron chi connectivity index (χ4n) is 6.13. The van der Waals surface area contributed by atoms with Crippen LogP contribution in [0.25, 0.3) is 11.0 Å². The van der Waals surface area contributed by atoms with Crippen LogP contribution in [0.1, 0.15) is 32.1 Å². The van der Waals surface area contributed by atoms with Crippen LogP contribution in [0.3, 0.4) is 0 Å². The van der Waals surface area contributed by atoms with E-state index < -0.39 is 0 Å². The first-order valence-corrected chi connectivity index (χ1v) is 13.2. The number of carbonyl (C=O) groups is 1. The van der Waals surface area contributed by atoms with E-state index in [1.807, 2.05) is 36.2 Å². The van der Waals surface area contributed by atoms with Gasteiger partial charge in [0.05, 0.1) is 15.1 Å². The van der Waals surface area contributed by atoms with Gasteiger partial charge in [0.1, 0.15) is 0 Å². The number of aromatic nitrogens is 2. The summed E-state index contributed by atoms with van der Waals surface area (Å²) in [6.45, 7) is 1.51. The minimum Gasteiger partial charge on any atom is -0.355 e. The van der Waals surface area contributed by atoms with Crippen molar-refractivity contribution in [2.24, 2.45) is 17.8 Å². The van der Waals surface area contributed by atoms with E-state index in [1.54, 1.807) is 0 Å². The van der Waals surface area contributed by atoms with Gasteiger partial charge in [-0.3, -0.25) is 9.69 Å². The van der Waals surface area contributed by atoms with Gasteiger partial charge in [0, 0.05) is 37.6 Å². The Morgan fingerprint density at radius 2 is 1.63 bits per heavy atom. The van der Waals surface area contributed by atoms with E-state index in [2.05, 4.69) is 28.4 Å². The second kappa shape index (κ2) is 7.30. The highest BCUT2D eigenvalue weighted by molar-refractivity contribution is 8.21. The first kappa shape index (κ1) is 19.2. The predicted molar refractivity (Wildman–Crippen MR) is 126 cm³/mol. The molecule has 1 saturated heterocycles. The van der Waals surface area contributed by atoms with Gasteiger partial charge in [0.25, 0.3) is 0 Å². The summed E-state index contributed by atoms with van der Waals surface area (Å²) < 4.78 is 0.408. The summed E-state index contributed by atoms with van der Waals surface area (Å²) in [7, 11) is 2.05. The summed E-state index contributed by atoms with van der Waals surface area (Å²) in [5.74, 6) is 5.95. The van der Waals surface area contributed by atoms with Crippen LogP contribution in [0.5, 0.6) is 0 Å². The molecule has 1 aromatic heterocycles. The Morgan fingerprint density at radius 1 is 1.00 bits per heavy atom. The highest BCUT2D eigenvalue weighted by atomic mass is 32.2. The summed E-state index contributed by atoms with van der Waals surface area (Å²) in [6.07, 6.45) is 6.04. The number of likely N-dealkylation sites (N-methyl/N-ethyl adjacent to an activating group) is 1. The van der Waals surface area contributed by atoms with Crippen molar-refractivity contribution in [1.82, 2.24) is 9.97 Å². The van der Waals surface area contributed by atoms with Gasteiger partial charge in [-0.1, -0.05) is 18.6 Å². The molecule has 30 heavy (non-hydrogen) atoms. The zero-order valence-electron chi connectivity index (χ0n) is 17.4. The summed E-state index contributed by atoms with van der Waals surface area (Å²) in [4.78, 5) is 27.7. The number of nitrogens with zero attached hydrogens (tertiary/aromatic N) is 4. The zero-order chi connectivity index (χ0) is 20.3. The van der Waals surface area contributed by atoms with Crippen LogP contribution in [-0.4, -0.2) is 51.6 Å². The third-order valence-corrected chi connectivity index (χ3v) is 11.6. The Balaban J connectivity index is 1.32. The summed E-state index contributed by atoms with van der Waals surface area (Å²) in [6, 6.07) is 7.96. The van der Waals surface area contributed by atoms with Crippen LogP contribution in [-0.2, 0) is 4.79 Å². The average Bonchev–Trinajstić information content (AvgIpc) is 3.22. The number of hydrogen-bond donors (Lipinski definition) is 0. The minimum atomic E-state index is 0.136. The Hall–Kier alpha value is -1.47. The molecule has 6 rings (SSSR count). The zero-order valence-corrected chi connectivity index (χ0v) is 19.1. The lowest BCUT2D eigenvalue weighted by Crippen LogP contribution is -2.52. The molecule has 2 unspecified atom stereocenters. The maximum absolute atomic E-state index is 13.8. The van der Waals surface area contributed by atoms with E-state index in [4.69, 9.17) is 9.97 Å². The summed E-state index contributed by atoms with van der Waals surface area (Å²) >= 11 is 4.41. The predicted octanol–water partition coefficient (Wildman–Crippen LogP) is 4.42. The number of thioether (sulfide) groups is 2. The summed E-state index contributed by atoms with van der Waals surface area (Å²) in [5.41, 5.74) is 1.75. The number of anilines is 2. The van der Waals surface area contributed by atoms with Crippen molar-refractivity contribution in [3.63, 3.8) is 0 Å². The molecule has 1 amide bonds. The number of carbonyl (C=O) groups excluding carboxylic acids is 1. The van der Waals surface area contributed by atoms with Crippen molar-refractivity contribution >= 4 is 52.1 Å². The molecule has 2 aliphatic heterocycles. The van der Waals surface area contributed by atoms with Crippen molar-refractivity contribution in [3.05, 3.63) is 24.3 Å². The molecule has 0 N–H and O–H groups in total. The topological polar surface area (TPSA) is 49.3 Å². The SMILES string of the molecule is CN1CCN(C(=O)C2CC3CCCC(C2)C32SCCS2)c2nc3ccccc3nc21. The molecular formula is C23H28N4OS2. The number of hydrogen-bond acceptors (Lipinski definition) is 6. The second-order valence-corrected chi connectivity index (χ2v) is 12.2. The molecule has 2 aliphatic carbocycles. The third-order valence-electron chi connectivity index (χ3n) is 7.55. The van der Waals surface area contributed by atoms with E-state index in [0.717, 1.165) is 42.1 Å². The van der Waals surface area contributed by atoms with Crippen LogP contribution >= 0.6 is 23.5 Å². The molecule has 1 spiro atoms. The molecule has 5 nitrogen and oxygen atoms in total. The normalized spacial score (nSPS) is 30.0. The van der Waals surface area contributed by atoms with Crippen molar-refractivity contribution in [2.45, 2.75) is 36.2 Å². The van der Waals surface area contributed by atoms with Gasteiger partial charge in [0.15, 0.2) is 11.6 Å². The lowest BCUT2D eigenvalue weighted by atomic mass is 9.66. The Kier molecular flexibility index (Phi) is 4.68. The maximum atomic E-state index is 13.8. The fourth-order valence-corrected chi connectivity index (χ4v) is 10.1. The second-order valence-electron chi connectivity index (χ2n) is 9.18. The van der Waals surface area contributed by atoms with E-state index in [-0.39, 0.29) is 11.8 Å². The van der Waals surface area contributed by atoms with E-state index in [9.17, 15) is 4.79 Å². The Labute approximate surface area is 186 Å². The van der Waals surface area contributed by atoms with E-state index in [0.29, 0.717) is 22.5 Å². The van der Waals surface area contributed by atoms with Crippen LogP contribution in [0.2, 0.25) is 0 Å². The quantitative estimate of drug-likeness (QED) is 0.654. The monoisotopic (exact) mass is 440 g/mol. The number of benzene rings is 1. The minimum absolute atomic E-state index is 0.136. The molecule has 2 atom stereocenters. The van der Waals surface area contributed by atoms with Crippen molar-refractivity contribution in [1.29, 1.82) is 0 Å².